The molecule has 2 N–H and O–H groups in total. The van der Waals surface area contributed by atoms with Gasteiger partial charge in [-0.05, 0) is 35.6 Å². The van der Waals surface area contributed by atoms with Crippen molar-refractivity contribution in [3.63, 3.8) is 0 Å². The topological polar surface area (TPSA) is 105 Å². The molecule has 1 heterocycles. The first-order chi connectivity index (χ1) is 16.9. The Morgan fingerprint density at radius 1 is 1.11 bits per heavy atom. The van der Waals surface area contributed by atoms with Crippen molar-refractivity contribution in [2.24, 2.45) is 5.92 Å². The molecule has 0 spiro atoms. The molecule has 1 aliphatic carbocycles. The van der Waals surface area contributed by atoms with Crippen molar-refractivity contribution in [2.75, 3.05) is 26.3 Å². The number of carbonyl (C=O) groups excluding carboxylic acids is 2. The maximum atomic E-state index is 13.1. The van der Waals surface area contributed by atoms with Crippen molar-refractivity contribution in [2.45, 2.75) is 31.4 Å². The molecule has 3 unspecified atom stereocenters. The maximum absolute atomic E-state index is 13.1. The monoisotopic (exact) mass is 478 g/mol. The SMILES string of the molecule is C=CCC(NC(=O)OCC1c2ccccc2-c2ccccc21)C(=O)N1CC(OCC)C(C(=O)O)C1. The first-order valence-corrected chi connectivity index (χ1v) is 11.8. The number of carbonyl (C=O) groups is 3. The fourth-order valence-electron chi connectivity index (χ4n) is 4.96. The van der Waals surface area contributed by atoms with Crippen LogP contribution in [0, 0.1) is 5.92 Å². The number of rotatable bonds is 9. The Morgan fingerprint density at radius 2 is 1.74 bits per heavy atom. The van der Waals surface area contributed by atoms with Crippen LogP contribution in [-0.2, 0) is 19.1 Å². The van der Waals surface area contributed by atoms with E-state index in [-0.39, 0.29) is 37.9 Å². The summed E-state index contributed by atoms with van der Waals surface area (Å²) >= 11 is 0. The molecule has 0 bridgehead atoms. The number of hydrogen-bond donors (Lipinski definition) is 2. The molecule has 2 amide bonds. The Balaban J connectivity index is 1.40. The number of nitrogens with zero attached hydrogens (tertiary/aromatic N) is 1. The predicted molar refractivity (Wildman–Crippen MR) is 130 cm³/mol. The second-order valence-electron chi connectivity index (χ2n) is 8.73. The zero-order valence-corrected chi connectivity index (χ0v) is 19.7. The van der Waals surface area contributed by atoms with Crippen LogP contribution in [0.15, 0.2) is 61.2 Å². The van der Waals surface area contributed by atoms with Gasteiger partial charge in [0.2, 0.25) is 5.91 Å². The van der Waals surface area contributed by atoms with Gasteiger partial charge in [0.15, 0.2) is 0 Å². The summed E-state index contributed by atoms with van der Waals surface area (Å²) in [5.41, 5.74) is 4.45. The molecule has 1 saturated heterocycles. The van der Waals surface area contributed by atoms with Crippen LogP contribution in [0.3, 0.4) is 0 Å². The van der Waals surface area contributed by atoms with Gasteiger partial charge in [0.1, 0.15) is 18.6 Å². The van der Waals surface area contributed by atoms with Crippen molar-refractivity contribution in [1.29, 1.82) is 0 Å². The van der Waals surface area contributed by atoms with Crippen LogP contribution in [0.4, 0.5) is 4.79 Å². The van der Waals surface area contributed by atoms with E-state index in [0.29, 0.717) is 6.61 Å². The Morgan fingerprint density at radius 3 is 2.31 bits per heavy atom. The number of ether oxygens (including phenoxy) is 2. The van der Waals surface area contributed by atoms with Gasteiger partial charge in [-0.15, -0.1) is 6.58 Å². The molecule has 2 aliphatic rings. The van der Waals surface area contributed by atoms with Crippen molar-refractivity contribution < 1.29 is 29.0 Å². The van der Waals surface area contributed by atoms with Crippen LogP contribution < -0.4 is 5.32 Å². The average molecular weight is 479 g/mol. The van der Waals surface area contributed by atoms with Gasteiger partial charge in [0, 0.05) is 25.6 Å². The summed E-state index contributed by atoms with van der Waals surface area (Å²) in [7, 11) is 0. The zero-order valence-electron chi connectivity index (χ0n) is 19.7. The normalized spacial score (nSPS) is 19.5. The van der Waals surface area contributed by atoms with E-state index < -0.39 is 30.1 Å². The number of alkyl carbamates (subject to hydrolysis) is 1. The number of benzene rings is 2. The fraction of sp³-hybridized carbons (Fsp3) is 0.370. The van der Waals surface area contributed by atoms with Crippen molar-refractivity contribution in [3.8, 4) is 11.1 Å². The highest BCUT2D eigenvalue weighted by Crippen LogP contribution is 2.44. The summed E-state index contributed by atoms with van der Waals surface area (Å²) in [4.78, 5) is 38.9. The third-order valence-electron chi connectivity index (χ3n) is 6.61. The lowest BCUT2D eigenvalue weighted by Gasteiger charge is -2.24. The van der Waals surface area contributed by atoms with E-state index in [1.807, 2.05) is 36.4 Å². The average Bonchev–Trinajstić information content (AvgIpc) is 3.42. The van der Waals surface area contributed by atoms with Crippen LogP contribution in [0.1, 0.15) is 30.4 Å². The number of carboxylic acids is 1. The minimum absolute atomic E-state index is 0.0266. The van der Waals surface area contributed by atoms with Gasteiger partial charge in [0.05, 0.1) is 6.10 Å². The highest BCUT2D eigenvalue weighted by atomic mass is 16.5. The maximum Gasteiger partial charge on any atom is 0.407 e. The fourth-order valence-corrected chi connectivity index (χ4v) is 4.96. The number of carboxylic acid groups (broad SMARTS) is 1. The standard InChI is InChI=1S/C27H30N2O6/c1-3-9-23(25(30)29-14-21(26(31)32)24(15-29)34-4-2)28-27(33)35-16-22-19-12-7-5-10-17(19)18-11-6-8-13-20(18)22/h3,5-8,10-13,21-24H,1,4,9,14-16H2,2H3,(H,28,33)(H,31,32). The lowest BCUT2D eigenvalue weighted by Crippen LogP contribution is -2.48. The Kier molecular flexibility index (Phi) is 7.51. The first-order valence-electron chi connectivity index (χ1n) is 11.8. The molecule has 35 heavy (non-hydrogen) atoms. The van der Waals surface area contributed by atoms with Crippen molar-refractivity contribution >= 4 is 18.0 Å². The lowest BCUT2D eigenvalue weighted by molar-refractivity contribution is -0.145. The smallest absolute Gasteiger partial charge is 0.407 e. The molecule has 8 nitrogen and oxygen atoms in total. The summed E-state index contributed by atoms with van der Waals surface area (Å²) in [6.45, 7) is 6.13. The summed E-state index contributed by atoms with van der Waals surface area (Å²) in [5, 5.41) is 12.1. The Labute approximate surface area is 204 Å². The predicted octanol–water partition coefficient (Wildman–Crippen LogP) is 3.42. The molecule has 2 aromatic carbocycles. The number of aliphatic carboxylic acids is 1. The second kappa shape index (κ2) is 10.7. The van der Waals surface area contributed by atoms with Crippen molar-refractivity contribution in [1.82, 2.24) is 10.2 Å². The first kappa shape index (κ1) is 24.5. The van der Waals surface area contributed by atoms with Crippen LogP contribution >= 0.6 is 0 Å². The number of fused-ring (bicyclic) bond motifs is 3. The number of hydrogen-bond acceptors (Lipinski definition) is 5. The van der Waals surface area contributed by atoms with Crippen LogP contribution in [0.5, 0.6) is 0 Å². The molecule has 184 valence electrons. The van der Waals surface area contributed by atoms with E-state index in [2.05, 4.69) is 24.0 Å². The van der Waals surface area contributed by atoms with Crippen LogP contribution in [-0.4, -0.2) is 66.4 Å². The molecule has 0 radical (unpaired) electrons. The van der Waals surface area contributed by atoms with Gasteiger partial charge in [-0.25, -0.2) is 4.79 Å². The molecule has 0 saturated carbocycles. The molecule has 1 fully saturated rings. The number of amides is 2. The van der Waals surface area contributed by atoms with E-state index >= 15 is 0 Å². The van der Waals surface area contributed by atoms with E-state index in [1.54, 1.807) is 6.92 Å². The summed E-state index contributed by atoms with van der Waals surface area (Å²) in [5.74, 6) is -2.29. The molecular weight excluding hydrogens is 448 g/mol. The second-order valence-corrected chi connectivity index (χ2v) is 8.73. The number of nitrogens with one attached hydrogen (secondary N) is 1. The van der Waals surface area contributed by atoms with E-state index in [0.717, 1.165) is 22.3 Å². The van der Waals surface area contributed by atoms with Gasteiger partial charge < -0.3 is 24.8 Å². The minimum atomic E-state index is -1.01. The van der Waals surface area contributed by atoms with E-state index in [9.17, 15) is 19.5 Å². The van der Waals surface area contributed by atoms with E-state index in [1.165, 1.54) is 11.0 Å². The molecule has 2 aromatic rings. The summed E-state index contributed by atoms with van der Waals surface area (Å²) in [6, 6.07) is 15.2. The Bertz CT molecular complexity index is 1070. The molecular formula is C27H30N2O6. The molecule has 0 aromatic heterocycles. The zero-order chi connectivity index (χ0) is 24.9. The quantitative estimate of drug-likeness (QED) is 0.535. The van der Waals surface area contributed by atoms with Gasteiger partial charge in [0.25, 0.3) is 0 Å². The van der Waals surface area contributed by atoms with Gasteiger partial charge in [-0.2, -0.15) is 0 Å². The molecule has 1 aliphatic heterocycles. The van der Waals surface area contributed by atoms with Gasteiger partial charge in [-0.3, -0.25) is 9.59 Å². The molecule has 4 rings (SSSR count). The Hall–Kier alpha value is -3.65. The highest BCUT2D eigenvalue weighted by molar-refractivity contribution is 5.87. The van der Waals surface area contributed by atoms with Crippen molar-refractivity contribution in [3.05, 3.63) is 72.3 Å². The summed E-state index contributed by atoms with van der Waals surface area (Å²) in [6.07, 6.45) is 0.441. The third kappa shape index (κ3) is 5.07. The van der Waals surface area contributed by atoms with Gasteiger partial charge >= 0.3 is 12.1 Å². The molecule has 8 heteroatoms. The van der Waals surface area contributed by atoms with E-state index in [4.69, 9.17) is 9.47 Å². The van der Waals surface area contributed by atoms with Gasteiger partial charge in [-0.1, -0.05) is 54.6 Å². The van der Waals surface area contributed by atoms with Crippen LogP contribution in [0.25, 0.3) is 11.1 Å². The highest BCUT2D eigenvalue weighted by Gasteiger charge is 2.42. The lowest BCUT2D eigenvalue weighted by atomic mass is 9.98. The minimum Gasteiger partial charge on any atom is -0.481 e. The summed E-state index contributed by atoms with van der Waals surface area (Å²) < 4.78 is 11.1. The third-order valence-corrected chi connectivity index (χ3v) is 6.61. The largest absolute Gasteiger partial charge is 0.481 e. The van der Waals surface area contributed by atoms with Crippen LogP contribution in [0.2, 0.25) is 0 Å². The number of likely N-dealkylation sites (tertiary alicyclic amines) is 1. The molecule has 3 atom stereocenters.